The topological polar surface area (TPSA) is 28.7 Å². The Kier molecular flexibility index (Phi) is 1.28. The van der Waals surface area contributed by atoms with Gasteiger partial charge >= 0.3 is 0 Å². The van der Waals surface area contributed by atoms with Crippen LogP contribution in [0.5, 0.6) is 0 Å². The van der Waals surface area contributed by atoms with E-state index in [4.69, 9.17) is 0 Å². The summed E-state index contributed by atoms with van der Waals surface area (Å²) in [6.45, 7) is 1.88. The second-order valence-corrected chi connectivity index (χ2v) is 1.56. The van der Waals surface area contributed by atoms with Crippen molar-refractivity contribution in [3.8, 4) is 0 Å². The first-order valence-corrected chi connectivity index (χ1v) is 2.52. The average molecular weight is 114 g/mol. The molecule has 0 radical (unpaired) electrons. The summed E-state index contributed by atoms with van der Waals surface area (Å²) in [6.07, 6.45) is 2.19. The molecule has 1 rings (SSSR count). The van der Waals surface area contributed by atoms with Gasteiger partial charge in [0.2, 0.25) is 5.95 Å². The van der Waals surface area contributed by atoms with Gasteiger partial charge in [-0.05, 0) is 6.42 Å². The third-order valence-electron chi connectivity index (χ3n) is 1.05. The largest absolute Gasteiger partial charge is 0.253 e. The van der Waals surface area contributed by atoms with Crippen LogP contribution in [0, 0.1) is 5.95 Å². The van der Waals surface area contributed by atoms with Crippen molar-refractivity contribution in [1.82, 2.24) is 10.2 Å². The fourth-order valence-corrected chi connectivity index (χ4v) is 0.542. The molecule has 44 valence electrons. The fraction of sp³-hybridized carbons (Fsp3) is 0.400. The Bertz CT molecular complexity index is 171. The van der Waals surface area contributed by atoms with E-state index >= 15 is 0 Å². The molecule has 1 heterocycles. The third kappa shape index (κ3) is 0.710. The lowest BCUT2D eigenvalue weighted by atomic mass is 10.3. The predicted octanol–water partition coefficient (Wildman–Crippen LogP) is 1.11. The first-order chi connectivity index (χ1) is 3.84. The molecule has 0 aliphatic heterocycles. The first-order valence-electron chi connectivity index (χ1n) is 2.52. The van der Waals surface area contributed by atoms with Crippen molar-refractivity contribution in [3.63, 3.8) is 0 Å². The zero-order valence-corrected chi connectivity index (χ0v) is 4.61. The highest BCUT2D eigenvalue weighted by atomic mass is 19.1. The van der Waals surface area contributed by atoms with Crippen molar-refractivity contribution in [2.75, 3.05) is 0 Å². The normalized spacial score (nSPS) is 9.75. The maximum atomic E-state index is 12.2. The van der Waals surface area contributed by atoms with Gasteiger partial charge < -0.3 is 0 Å². The van der Waals surface area contributed by atoms with Crippen LogP contribution in [0.15, 0.2) is 6.20 Å². The molecule has 0 atom stereocenters. The van der Waals surface area contributed by atoms with Gasteiger partial charge in [0.15, 0.2) is 0 Å². The minimum absolute atomic E-state index is 0.312. The van der Waals surface area contributed by atoms with Gasteiger partial charge in [-0.25, -0.2) is 0 Å². The second kappa shape index (κ2) is 1.94. The molecule has 0 spiro atoms. The summed E-state index contributed by atoms with van der Waals surface area (Å²) in [5, 5.41) is 5.70. The lowest BCUT2D eigenvalue weighted by Gasteiger charge is -1.82. The van der Waals surface area contributed by atoms with E-state index in [1.807, 2.05) is 6.92 Å². The highest BCUT2D eigenvalue weighted by Crippen LogP contribution is 2.00. The number of halogens is 1. The lowest BCUT2D eigenvalue weighted by molar-refractivity contribution is 0.567. The molecule has 0 amide bonds. The number of aromatic amines is 1. The summed E-state index contributed by atoms with van der Waals surface area (Å²) >= 11 is 0. The second-order valence-electron chi connectivity index (χ2n) is 1.56. The van der Waals surface area contributed by atoms with Crippen molar-refractivity contribution in [2.45, 2.75) is 13.3 Å². The summed E-state index contributed by atoms with van der Waals surface area (Å²) in [6, 6.07) is 0. The van der Waals surface area contributed by atoms with Crippen molar-refractivity contribution < 1.29 is 4.39 Å². The van der Waals surface area contributed by atoms with E-state index < -0.39 is 0 Å². The molecule has 2 nitrogen and oxygen atoms in total. The van der Waals surface area contributed by atoms with Gasteiger partial charge in [-0.3, -0.25) is 5.10 Å². The van der Waals surface area contributed by atoms with Crippen LogP contribution in [0.1, 0.15) is 12.5 Å². The molecule has 0 aliphatic rings. The Morgan fingerprint density at radius 2 is 2.62 bits per heavy atom. The van der Waals surface area contributed by atoms with Gasteiger partial charge in [0.25, 0.3) is 0 Å². The van der Waals surface area contributed by atoms with E-state index in [2.05, 4.69) is 10.2 Å². The van der Waals surface area contributed by atoms with E-state index in [-0.39, 0.29) is 5.95 Å². The van der Waals surface area contributed by atoms with E-state index in [0.29, 0.717) is 12.0 Å². The maximum absolute atomic E-state index is 12.2. The van der Waals surface area contributed by atoms with E-state index in [9.17, 15) is 4.39 Å². The number of hydrogen-bond acceptors (Lipinski definition) is 1. The molecule has 0 saturated heterocycles. The first kappa shape index (κ1) is 5.28. The van der Waals surface area contributed by atoms with Crippen molar-refractivity contribution in [1.29, 1.82) is 0 Å². The molecule has 8 heavy (non-hydrogen) atoms. The van der Waals surface area contributed by atoms with Crippen LogP contribution < -0.4 is 0 Å². The number of nitrogens with one attached hydrogen (secondary N) is 1. The maximum Gasteiger partial charge on any atom is 0.212 e. The molecule has 0 aliphatic carbocycles. The zero-order chi connectivity index (χ0) is 5.98. The Hall–Kier alpha value is -0.860. The molecule has 1 aromatic rings. The number of aromatic nitrogens is 2. The Morgan fingerprint density at radius 1 is 1.88 bits per heavy atom. The van der Waals surface area contributed by atoms with E-state index in [1.165, 1.54) is 6.20 Å². The Morgan fingerprint density at radius 3 is 2.88 bits per heavy atom. The summed E-state index contributed by atoms with van der Waals surface area (Å²) in [7, 11) is 0. The number of aryl methyl sites for hydroxylation is 1. The molecule has 1 aromatic heterocycles. The summed E-state index contributed by atoms with van der Waals surface area (Å²) in [5.41, 5.74) is 0.644. The SMILES string of the molecule is CCc1cn[nH]c1F. The van der Waals surface area contributed by atoms with Gasteiger partial charge in [0.05, 0.1) is 6.20 Å². The Balaban J connectivity index is 2.92. The average Bonchev–Trinajstić information content (AvgIpc) is 2.14. The van der Waals surface area contributed by atoms with Crippen LogP contribution in [0.3, 0.4) is 0 Å². The van der Waals surface area contributed by atoms with Crippen LogP contribution in [0.2, 0.25) is 0 Å². The smallest absolute Gasteiger partial charge is 0.212 e. The van der Waals surface area contributed by atoms with Crippen LogP contribution in [0.4, 0.5) is 4.39 Å². The van der Waals surface area contributed by atoms with E-state index in [0.717, 1.165) is 0 Å². The molecule has 0 saturated carbocycles. The lowest BCUT2D eigenvalue weighted by Crippen LogP contribution is -1.79. The highest BCUT2D eigenvalue weighted by molar-refractivity contribution is 5.03. The van der Waals surface area contributed by atoms with Crippen molar-refractivity contribution in [2.24, 2.45) is 0 Å². The predicted molar refractivity (Wildman–Crippen MR) is 27.9 cm³/mol. The molecule has 1 N–H and O–H groups in total. The van der Waals surface area contributed by atoms with Crippen LogP contribution in [-0.4, -0.2) is 10.2 Å². The van der Waals surface area contributed by atoms with Crippen LogP contribution in [0.25, 0.3) is 0 Å². The number of rotatable bonds is 1. The monoisotopic (exact) mass is 114 g/mol. The highest BCUT2D eigenvalue weighted by Gasteiger charge is 1.97. The number of H-pyrrole nitrogens is 1. The van der Waals surface area contributed by atoms with Crippen molar-refractivity contribution >= 4 is 0 Å². The van der Waals surface area contributed by atoms with Crippen molar-refractivity contribution in [3.05, 3.63) is 17.7 Å². The fourth-order valence-electron chi connectivity index (χ4n) is 0.542. The molecular weight excluding hydrogens is 107 g/mol. The zero-order valence-electron chi connectivity index (χ0n) is 4.61. The minimum Gasteiger partial charge on any atom is -0.253 e. The van der Waals surface area contributed by atoms with Crippen LogP contribution >= 0.6 is 0 Å². The molecule has 0 bridgehead atoms. The number of nitrogens with zero attached hydrogens (tertiary/aromatic N) is 1. The molecule has 0 fully saturated rings. The third-order valence-corrected chi connectivity index (χ3v) is 1.05. The van der Waals surface area contributed by atoms with Crippen LogP contribution in [-0.2, 0) is 6.42 Å². The van der Waals surface area contributed by atoms with E-state index in [1.54, 1.807) is 0 Å². The van der Waals surface area contributed by atoms with Gasteiger partial charge in [-0.2, -0.15) is 9.49 Å². The number of hydrogen-bond donors (Lipinski definition) is 1. The summed E-state index contributed by atoms with van der Waals surface area (Å²) < 4.78 is 12.2. The molecule has 3 heteroatoms. The van der Waals surface area contributed by atoms with Gasteiger partial charge in [0, 0.05) is 5.56 Å². The van der Waals surface area contributed by atoms with Gasteiger partial charge in [-0.1, -0.05) is 6.92 Å². The quantitative estimate of drug-likeness (QED) is 0.582. The Labute approximate surface area is 46.7 Å². The molecular formula is C5H7FN2. The summed E-state index contributed by atoms with van der Waals surface area (Å²) in [5.74, 6) is -0.312. The van der Waals surface area contributed by atoms with Gasteiger partial charge in [-0.15, -0.1) is 0 Å². The van der Waals surface area contributed by atoms with Gasteiger partial charge in [0.1, 0.15) is 0 Å². The minimum atomic E-state index is -0.312. The molecule has 0 aromatic carbocycles. The standard InChI is InChI=1S/C5H7FN2/c1-2-4-3-7-8-5(4)6/h3H,2H2,1H3,(H,7,8). The summed E-state index contributed by atoms with van der Waals surface area (Å²) in [4.78, 5) is 0. The molecule has 0 unspecified atom stereocenters.